The fourth-order valence-corrected chi connectivity index (χ4v) is 1.76. The molecule has 1 aromatic rings. The first-order valence-corrected chi connectivity index (χ1v) is 6.85. The molecule has 0 unspecified atom stereocenters. The molecular formula is C14H17BrFNO3. The predicted molar refractivity (Wildman–Crippen MR) is 78.2 cm³/mol. The van der Waals surface area contributed by atoms with Gasteiger partial charge in [-0.1, -0.05) is 12.2 Å². The summed E-state index contributed by atoms with van der Waals surface area (Å²) >= 11 is 3.16. The molecular weight excluding hydrogens is 329 g/mol. The number of benzene rings is 1. The fourth-order valence-electron chi connectivity index (χ4n) is 1.30. The molecule has 0 aliphatic carbocycles. The summed E-state index contributed by atoms with van der Waals surface area (Å²) in [5.74, 6) is -0.219. The maximum atomic E-state index is 12.9. The van der Waals surface area contributed by atoms with Gasteiger partial charge in [0.05, 0.1) is 17.7 Å². The van der Waals surface area contributed by atoms with Crippen LogP contribution in [-0.2, 0) is 9.53 Å². The van der Waals surface area contributed by atoms with E-state index in [2.05, 4.69) is 27.8 Å². The topological polar surface area (TPSA) is 47.6 Å². The average molecular weight is 346 g/mol. The predicted octanol–water partition coefficient (Wildman–Crippen LogP) is 2.68. The van der Waals surface area contributed by atoms with Gasteiger partial charge in [0.25, 0.3) is 5.91 Å². The number of carbonyl (C=O) groups excluding carboxylic acids is 1. The quantitative estimate of drug-likeness (QED) is 0.582. The van der Waals surface area contributed by atoms with Gasteiger partial charge in [-0.05, 0) is 41.1 Å². The second-order valence-corrected chi connectivity index (χ2v) is 5.08. The Bertz CT molecular complexity index is 479. The highest BCUT2D eigenvalue weighted by Gasteiger charge is 2.06. The Balaban J connectivity index is 2.21. The van der Waals surface area contributed by atoms with Crippen molar-refractivity contribution in [1.82, 2.24) is 5.32 Å². The van der Waals surface area contributed by atoms with E-state index in [-0.39, 0.29) is 18.3 Å². The molecule has 0 atom stereocenters. The smallest absolute Gasteiger partial charge is 0.258 e. The lowest BCUT2D eigenvalue weighted by Gasteiger charge is -2.09. The first-order valence-electron chi connectivity index (χ1n) is 6.05. The van der Waals surface area contributed by atoms with Gasteiger partial charge < -0.3 is 14.8 Å². The lowest BCUT2D eigenvalue weighted by molar-refractivity contribution is -0.123. The SMILES string of the molecule is C=C(C)COCCNC(=O)COc1ccc(F)cc1Br. The van der Waals surface area contributed by atoms with E-state index in [9.17, 15) is 9.18 Å². The van der Waals surface area contributed by atoms with Crippen LogP contribution in [0.5, 0.6) is 5.75 Å². The van der Waals surface area contributed by atoms with Gasteiger partial charge in [0.2, 0.25) is 0 Å². The van der Waals surface area contributed by atoms with E-state index in [1.807, 2.05) is 6.92 Å². The third-order valence-electron chi connectivity index (χ3n) is 2.17. The Morgan fingerprint density at radius 2 is 2.20 bits per heavy atom. The van der Waals surface area contributed by atoms with Gasteiger partial charge in [0.15, 0.2) is 6.61 Å². The number of amides is 1. The van der Waals surface area contributed by atoms with E-state index < -0.39 is 0 Å². The molecule has 1 rings (SSSR count). The number of hydrogen-bond donors (Lipinski definition) is 1. The van der Waals surface area contributed by atoms with Crippen LogP contribution in [0.4, 0.5) is 4.39 Å². The number of carbonyl (C=O) groups is 1. The van der Waals surface area contributed by atoms with Crippen LogP contribution in [0.15, 0.2) is 34.8 Å². The number of hydrogen-bond acceptors (Lipinski definition) is 3. The number of nitrogens with one attached hydrogen (secondary N) is 1. The van der Waals surface area contributed by atoms with Crippen molar-refractivity contribution in [3.63, 3.8) is 0 Å². The highest BCUT2D eigenvalue weighted by atomic mass is 79.9. The molecule has 0 radical (unpaired) electrons. The summed E-state index contributed by atoms with van der Waals surface area (Å²) in [6.07, 6.45) is 0. The zero-order valence-electron chi connectivity index (χ0n) is 11.2. The van der Waals surface area contributed by atoms with Crippen molar-refractivity contribution in [3.8, 4) is 5.75 Å². The van der Waals surface area contributed by atoms with Gasteiger partial charge in [0.1, 0.15) is 11.6 Å². The van der Waals surface area contributed by atoms with E-state index in [0.29, 0.717) is 30.0 Å². The summed E-state index contributed by atoms with van der Waals surface area (Å²) in [4.78, 5) is 11.5. The fraction of sp³-hybridized carbons (Fsp3) is 0.357. The number of rotatable bonds is 8. The zero-order valence-corrected chi connectivity index (χ0v) is 12.8. The van der Waals surface area contributed by atoms with Crippen LogP contribution in [0.25, 0.3) is 0 Å². The van der Waals surface area contributed by atoms with Crippen LogP contribution >= 0.6 is 15.9 Å². The van der Waals surface area contributed by atoms with Crippen molar-refractivity contribution in [2.45, 2.75) is 6.92 Å². The van der Waals surface area contributed by atoms with Crippen LogP contribution in [0.2, 0.25) is 0 Å². The molecule has 1 N–H and O–H groups in total. The maximum Gasteiger partial charge on any atom is 0.258 e. The molecule has 6 heteroatoms. The average Bonchev–Trinajstić information content (AvgIpc) is 2.37. The molecule has 1 aromatic carbocycles. The van der Waals surface area contributed by atoms with Gasteiger partial charge in [-0.3, -0.25) is 4.79 Å². The molecule has 0 fully saturated rings. The molecule has 0 aliphatic heterocycles. The molecule has 0 bridgehead atoms. The molecule has 0 saturated carbocycles. The molecule has 0 aliphatic rings. The summed E-state index contributed by atoms with van der Waals surface area (Å²) in [5.41, 5.74) is 0.931. The first-order chi connectivity index (χ1) is 9.49. The highest BCUT2D eigenvalue weighted by Crippen LogP contribution is 2.25. The molecule has 20 heavy (non-hydrogen) atoms. The van der Waals surface area contributed by atoms with E-state index in [4.69, 9.17) is 9.47 Å². The van der Waals surface area contributed by atoms with Crippen LogP contribution in [0, 0.1) is 5.82 Å². The van der Waals surface area contributed by atoms with Crippen molar-refractivity contribution >= 4 is 21.8 Å². The van der Waals surface area contributed by atoms with Crippen LogP contribution < -0.4 is 10.1 Å². The first kappa shape index (κ1) is 16.7. The molecule has 0 saturated heterocycles. The number of halogens is 2. The Kier molecular flexibility index (Phi) is 7.25. The third-order valence-corrected chi connectivity index (χ3v) is 2.79. The van der Waals surface area contributed by atoms with Crippen molar-refractivity contribution in [1.29, 1.82) is 0 Å². The van der Waals surface area contributed by atoms with Crippen LogP contribution in [0.1, 0.15) is 6.92 Å². The Morgan fingerprint density at radius 3 is 2.85 bits per heavy atom. The van der Waals surface area contributed by atoms with Crippen LogP contribution in [-0.4, -0.2) is 32.3 Å². The molecule has 1 amide bonds. The lowest BCUT2D eigenvalue weighted by Crippen LogP contribution is -2.31. The Morgan fingerprint density at radius 1 is 1.45 bits per heavy atom. The minimum absolute atomic E-state index is 0.134. The van der Waals surface area contributed by atoms with Crippen molar-refractivity contribution < 1.29 is 18.7 Å². The van der Waals surface area contributed by atoms with Crippen molar-refractivity contribution in [2.75, 3.05) is 26.4 Å². The summed E-state index contributed by atoms with van der Waals surface area (Å²) in [6.45, 7) is 6.74. The molecule has 0 spiro atoms. The van der Waals surface area contributed by atoms with Gasteiger partial charge in [-0.2, -0.15) is 0 Å². The minimum Gasteiger partial charge on any atom is -0.483 e. The second-order valence-electron chi connectivity index (χ2n) is 4.22. The van der Waals surface area contributed by atoms with E-state index >= 15 is 0 Å². The summed E-state index contributed by atoms with van der Waals surface area (Å²) in [7, 11) is 0. The maximum absolute atomic E-state index is 12.9. The Hall–Kier alpha value is -1.40. The van der Waals surface area contributed by atoms with Gasteiger partial charge in [-0.15, -0.1) is 0 Å². The normalized spacial score (nSPS) is 10.2. The Labute approximate surface area is 126 Å². The summed E-state index contributed by atoms with van der Waals surface area (Å²) in [6, 6.07) is 4.00. The molecule has 110 valence electrons. The molecule has 0 aromatic heterocycles. The lowest BCUT2D eigenvalue weighted by atomic mass is 10.3. The van der Waals surface area contributed by atoms with Gasteiger partial charge >= 0.3 is 0 Å². The largest absolute Gasteiger partial charge is 0.483 e. The second kappa shape index (κ2) is 8.71. The molecule has 4 nitrogen and oxygen atoms in total. The van der Waals surface area contributed by atoms with E-state index in [1.54, 1.807) is 0 Å². The zero-order chi connectivity index (χ0) is 15.0. The highest BCUT2D eigenvalue weighted by molar-refractivity contribution is 9.10. The number of ether oxygens (including phenoxy) is 2. The summed E-state index contributed by atoms with van der Waals surface area (Å²) < 4.78 is 23.8. The summed E-state index contributed by atoms with van der Waals surface area (Å²) in [5, 5.41) is 2.65. The minimum atomic E-state index is -0.372. The third kappa shape index (κ3) is 6.68. The van der Waals surface area contributed by atoms with Gasteiger partial charge in [-0.25, -0.2) is 4.39 Å². The van der Waals surface area contributed by atoms with E-state index in [0.717, 1.165) is 5.57 Å². The van der Waals surface area contributed by atoms with E-state index in [1.165, 1.54) is 18.2 Å². The van der Waals surface area contributed by atoms with Gasteiger partial charge in [0, 0.05) is 6.54 Å². The molecule has 0 heterocycles. The van der Waals surface area contributed by atoms with Crippen molar-refractivity contribution in [2.24, 2.45) is 0 Å². The standard InChI is InChI=1S/C14H17BrFNO3/c1-10(2)8-19-6-5-17-14(18)9-20-13-4-3-11(16)7-12(13)15/h3-4,7H,1,5-6,8-9H2,2H3,(H,17,18). The van der Waals surface area contributed by atoms with Crippen molar-refractivity contribution in [3.05, 3.63) is 40.6 Å². The monoisotopic (exact) mass is 345 g/mol. The van der Waals surface area contributed by atoms with Crippen LogP contribution in [0.3, 0.4) is 0 Å².